The molecule has 1 amide bonds. The van der Waals surface area contributed by atoms with Crippen LogP contribution in [0.1, 0.15) is 23.9 Å². The van der Waals surface area contributed by atoms with E-state index in [1.54, 1.807) is 6.92 Å². The minimum Gasteiger partial charge on any atom is -0.480 e. The monoisotopic (exact) mass is 378 g/mol. The van der Waals surface area contributed by atoms with Gasteiger partial charge in [0.05, 0.1) is 4.47 Å². The highest BCUT2D eigenvalue weighted by Crippen LogP contribution is 2.26. The van der Waals surface area contributed by atoms with Gasteiger partial charge >= 0.3 is 0 Å². The normalized spacial score (nSPS) is 11.7. The molecular formula is C16H19BrN4O2. The molecule has 1 aromatic heterocycles. The Bertz CT molecular complexity index is 701. The van der Waals surface area contributed by atoms with Gasteiger partial charge in [0.1, 0.15) is 5.75 Å². The molecule has 2 rings (SSSR count). The van der Waals surface area contributed by atoms with E-state index >= 15 is 0 Å². The van der Waals surface area contributed by atoms with Gasteiger partial charge in [0.25, 0.3) is 5.91 Å². The van der Waals surface area contributed by atoms with E-state index in [1.165, 1.54) is 0 Å². The summed E-state index contributed by atoms with van der Waals surface area (Å²) in [6, 6.07) is 7.53. The summed E-state index contributed by atoms with van der Waals surface area (Å²) in [6.07, 6.45) is -0.674. The molecule has 0 fully saturated rings. The zero-order valence-corrected chi connectivity index (χ0v) is 15.1. The van der Waals surface area contributed by atoms with Gasteiger partial charge in [0.2, 0.25) is 5.95 Å². The summed E-state index contributed by atoms with van der Waals surface area (Å²) in [7, 11) is 0. The fourth-order valence-corrected chi connectivity index (χ4v) is 2.53. The number of nitrogens with one attached hydrogen (secondary N) is 2. The first-order valence-electron chi connectivity index (χ1n) is 7.16. The maximum Gasteiger partial charge on any atom is 0.279 e. The number of aromatic nitrogens is 2. The van der Waals surface area contributed by atoms with Crippen molar-refractivity contribution in [1.82, 2.24) is 15.4 Å². The topological polar surface area (TPSA) is 76.1 Å². The second kappa shape index (κ2) is 7.41. The van der Waals surface area contributed by atoms with Crippen LogP contribution < -0.4 is 15.6 Å². The Kier molecular flexibility index (Phi) is 5.54. The Labute approximate surface area is 143 Å². The van der Waals surface area contributed by atoms with Gasteiger partial charge in [-0.3, -0.25) is 15.6 Å². The van der Waals surface area contributed by atoms with Gasteiger partial charge in [-0.05, 0) is 67.4 Å². The molecule has 1 unspecified atom stereocenters. The van der Waals surface area contributed by atoms with Crippen molar-refractivity contribution < 1.29 is 9.53 Å². The van der Waals surface area contributed by atoms with Crippen LogP contribution in [0.4, 0.5) is 5.95 Å². The second-order valence-electron chi connectivity index (χ2n) is 5.28. The van der Waals surface area contributed by atoms with E-state index in [9.17, 15) is 4.79 Å². The molecule has 2 aromatic rings. The van der Waals surface area contributed by atoms with E-state index in [0.29, 0.717) is 11.7 Å². The molecule has 122 valence electrons. The lowest BCUT2D eigenvalue weighted by atomic mass is 10.2. The predicted octanol–water partition coefficient (Wildman–Crippen LogP) is 3.07. The number of hydrogen-bond acceptors (Lipinski definition) is 5. The van der Waals surface area contributed by atoms with Crippen LogP contribution in [0.25, 0.3) is 0 Å². The third-order valence-electron chi connectivity index (χ3n) is 3.04. The van der Waals surface area contributed by atoms with Crippen LogP contribution in [-0.4, -0.2) is 22.0 Å². The lowest BCUT2D eigenvalue weighted by molar-refractivity contribution is -0.126. The summed E-state index contributed by atoms with van der Waals surface area (Å²) >= 11 is 3.42. The zero-order chi connectivity index (χ0) is 17.0. The second-order valence-corrected chi connectivity index (χ2v) is 6.14. The average Bonchev–Trinajstić information content (AvgIpc) is 2.46. The molecule has 0 aliphatic carbocycles. The molecule has 0 aliphatic rings. The SMILES string of the molecule is Cc1ccc(OC(C)C(=O)NNc2nc(C)cc(C)n2)c(Br)c1. The first kappa shape index (κ1) is 17.2. The van der Waals surface area contributed by atoms with E-state index in [1.807, 2.05) is 45.0 Å². The number of carbonyl (C=O) groups is 1. The summed E-state index contributed by atoms with van der Waals surface area (Å²) in [5.41, 5.74) is 8.00. The maximum absolute atomic E-state index is 12.1. The molecule has 0 aliphatic heterocycles. The highest BCUT2D eigenvalue weighted by atomic mass is 79.9. The summed E-state index contributed by atoms with van der Waals surface area (Å²) in [4.78, 5) is 20.5. The number of benzene rings is 1. The van der Waals surface area contributed by atoms with Crippen molar-refractivity contribution >= 4 is 27.8 Å². The van der Waals surface area contributed by atoms with E-state index in [-0.39, 0.29) is 5.91 Å². The van der Waals surface area contributed by atoms with Crippen LogP contribution in [-0.2, 0) is 4.79 Å². The fourth-order valence-electron chi connectivity index (χ4n) is 1.95. The summed E-state index contributed by atoms with van der Waals surface area (Å²) in [5, 5.41) is 0. The largest absolute Gasteiger partial charge is 0.480 e. The van der Waals surface area contributed by atoms with Gasteiger partial charge in [-0.1, -0.05) is 6.07 Å². The number of hydrogen-bond donors (Lipinski definition) is 2. The number of carbonyl (C=O) groups excluding carboxylic acids is 1. The van der Waals surface area contributed by atoms with Gasteiger partial charge < -0.3 is 4.74 Å². The van der Waals surface area contributed by atoms with Gasteiger partial charge in [-0.15, -0.1) is 0 Å². The van der Waals surface area contributed by atoms with E-state index < -0.39 is 6.10 Å². The van der Waals surface area contributed by atoms with Crippen LogP contribution in [0, 0.1) is 20.8 Å². The predicted molar refractivity (Wildman–Crippen MR) is 92.2 cm³/mol. The van der Waals surface area contributed by atoms with Crippen molar-refractivity contribution in [2.24, 2.45) is 0 Å². The molecule has 0 saturated heterocycles. The lowest BCUT2D eigenvalue weighted by Crippen LogP contribution is -2.40. The third kappa shape index (κ3) is 4.92. The molecule has 23 heavy (non-hydrogen) atoms. The van der Waals surface area contributed by atoms with Crippen molar-refractivity contribution in [1.29, 1.82) is 0 Å². The number of aryl methyl sites for hydroxylation is 3. The number of rotatable bonds is 5. The maximum atomic E-state index is 12.1. The molecule has 2 N–H and O–H groups in total. The molecule has 1 atom stereocenters. The number of ether oxygens (including phenoxy) is 1. The molecule has 1 aromatic carbocycles. The van der Waals surface area contributed by atoms with E-state index in [2.05, 4.69) is 36.7 Å². The summed E-state index contributed by atoms with van der Waals surface area (Å²) in [5.74, 6) is 0.640. The van der Waals surface area contributed by atoms with Crippen molar-refractivity contribution in [3.63, 3.8) is 0 Å². The Morgan fingerprint density at radius 1 is 1.17 bits per heavy atom. The van der Waals surface area contributed by atoms with Crippen LogP contribution >= 0.6 is 15.9 Å². The Hall–Kier alpha value is -2.15. The highest BCUT2D eigenvalue weighted by Gasteiger charge is 2.16. The summed E-state index contributed by atoms with van der Waals surface area (Å²) in [6.45, 7) is 7.38. The van der Waals surface area contributed by atoms with Crippen LogP contribution in [0.5, 0.6) is 5.75 Å². The molecule has 6 nitrogen and oxygen atoms in total. The molecule has 0 radical (unpaired) electrons. The van der Waals surface area contributed by atoms with Crippen LogP contribution in [0.3, 0.4) is 0 Å². The molecule has 0 saturated carbocycles. The quantitative estimate of drug-likeness (QED) is 0.781. The highest BCUT2D eigenvalue weighted by molar-refractivity contribution is 9.10. The Morgan fingerprint density at radius 3 is 2.43 bits per heavy atom. The number of halogens is 1. The fraction of sp³-hybridized carbons (Fsp3) is 0.312. The van der Waals surface area contributed by atoms with Crippen molar-refractivity contribution in [2.45, 2.75) is 33.8 Å². The minimum absolute atomic E-state index is 0.319. The molecule has 0 bridgehead atoms. The van der Waals surface area contributed by atoms with Gasteiger partial charge in [0, 0.05) is 11.4 Å². The molecule has 1 heterocycles. The van der Waals surface area contributed by atoms with Crippen molar-refractivity contribution in [3.8, 4) is 5.75 Å². The first-order valence-corrected chi connectivity index (χ1v) is 7.95. The number of hydrazine groups is 1. The average molecular weight is 379 g/mol. The van der Waals surface area contributed by atoms with Crippen molar-refractivity contribution in [3.05, 3.63) is 45.7 Å². The van der Waals surface area contributed by atoms with Crippen LogP contribution in [0.15, 0.2) is 28.7 Å². The smallest absolute Gasteiger partial charge is 0.279 e. The number of anilines is 1. The molecule has 0 spiro atoms. The van der Waals surface area contributed by atoms with Gasteiger partial charge in [-0.25, -0.2) is 9.97 Å². The molecular weight excluding hydrogens is 360 g/mol. The van der Waals surface area contributed by atoms with Gasteiger partial charge in [0.15, 0.2) is 6.10 Å². The van der Waals surface area contributed by atoms with E-state index in [0.717, 1.165) is 21.4 Å². The van der Waals surface area contributed by atoms with Crippen molar-refractivity contribution in [2.75, 3.05) is 5.43 Å². The number of amides is 1. The molecule has 7 heteroatoms. The van der Waals surface area contributed by atoms with E-state index in [4.69, 9.17) is 4.74 Å². The van der Waals surface area contributed by atoms with Gasteiger partial charge in [-0.2, -0.15) is 0 Å². The Morgan fingerprint density at radius 2 is 1.83 bits per heavy atom. The Balaban J connectivity index is 1.94. The third-order valence-corrected chi connectivity index (χ3v) is 3.66. The summed E-state index contributed by atoms with van der Waals surface area (Å²) < 4.78 is 6.47. The van der Waals surface area contributed by atoms with Crippen LogP contribution in [0.2, 0.25) is 0 Å². The number of nitrogens with zero attached hydrogens (tertiary/aromatic N) is 2. The minimum atomic E-state index is -0.674. The first-order chi connectivity index (χ1) is 10.8. The standard InChI is InChI=1S/C16H19BrN4O2/c1-9-5-6-14(13(17)7-9)23-12(4)15(22)20-21-16-18-10(2)8-11(3)19-16/h5-8,12H,1-4H3,(H,20,22)(H,18,19,21). The lowest BCUT2D eigenvalue weighted by Gasteiger charge is -2.16. The zero-order valence-electron chi connectivity index (χ0n) is 13.5.